The molecule has 3 heteroatoms. The average Bonchev–Trinajstić information content (AvgIpc) is 2.09. The van der Waals surface area contributed by atoms with E-state index < -0.39 is 0 Å². The third kappa shape index (κ3) is 1.46. The van der Waals surface area contributed by atoms with Gasteiger partial charge in [-0.05, 0) is 12.8 Å². The zero-order valence-corrected chi connectivity index (χ0v) is 7.91. The van der Waals surface area contributed by atoms with Crippen LogP contribution in [0, 0.1) is 5.92 Å². The van der Waals surface area contributed by atoms with Crippen LogP contribution < -0.4 is 0 Å². The second-order valence-electron chi connectivity index (χ2n) is 4.11. The van der Waals surface area contributed by atoms with Crippen molar-refractivity contribution in [2.75, 3.05) is 6.73 Å². The molecule has 0 bridgehead atoms. The molecular formula is C10H17NO2. The van der Waals surface area contributed by atoms with Crippen LogP contribution in [0.1, 0.15) is 38.5 Å². The van der Waals surface area contributed by atoms with Crippen LogP contribution in [0.4, 0.5) is 0 Å². The number of aliphatic hydroxyl groups is 1. The maximum atomic E-state index is 11.5. The first-order chi connectivity index (χ1) is 6.34. The molecule has 1 N–H and O–H groups in total. The molecule has 0 aromatic heterocycles. The summed E-state index contributed by atoms with van der Waals surface area (Å²) in [5.74, 6) is 0.418. The Bertz CT molecular complexity index is 205. The maximum absolute atomic E-state index is 11.5. The number of hydrogen-bond acceptors (Lipinski definition) is 2. The third-order valence-corrected chi connectivity index (χ3v) is 3.38. The summed E-state index contributed by atoms with van der Waals surface area (Å²) < 4.78 is 0. The highest BCUT2D eigenvalue weighted by Crippen LogP contribution is 2.35. The Morgan fingerprint density at radius 3 is 2.62 bits per heavy atom. The summed E-state index contributed by atoms with van der Waals surface area (Å²) in [7, 11) is 0. The zero-order chi connectivity index (χ0) is 9.26. The fourth-order valence-electron chi connectivity index (χ4n) is 2.59. The van der Waals surface area contributed by atoms with Crippen molar-refractivity contribution in [3.63, 3.8) is 0 Å². The number of likely N-dealkylation sites (tertiary alicyclic amines) is 1. The number of carbonyl (C=O) groups is 1. The first-order valence-corrected chi connectivity index (χ1v) is 5.26. The second kappa shape index (κ2) is 3.66. The topological polar surface area (TPSA) is 40.5 Å². The number of hydrogen-bond donors (Lipinski definition) is 1. The molecule has 1 amide bonds. The van der Waals surface area contributed by atoms with Crippen LogP contribution in [0.15, 0.2) is 0 Å². The number of rotatable bonds is 1. The van der Waals surface area contributed by atoms with E-state index in [-0.39, 0.29) is 18.6 Å². The molecule has 1 saturated heterocycles. The van der Waals surface area contributed by atoms with Gasteiger partial charge >= 0.3 is 0 Å². The molecule has 1 aliphatic heterocycles. The quantitative estimate of drug-likeness (QED) is 0.619. The first kappa shape index (κ1) is 9.00. The molecule has 0 radical (unpaired) electrons. The molecule has 0 aromatic carbocycles. The number of carbonyl (C=O) groups excluding carboxylic acids is 1. The minimum atomic E-state index is -0.0833. The Labute approximate surface area is 78.7 Å². The van der Waals surface area contributed by atoms with Gasteiger partial charge in [-0.3, -0.25) is 4.79 Å². The molecule has 1 aliphatic carbocycles. The van der Waals surface area contributed by atoms with Crippen LogP contribution in [-0.2, 0) is 4.79 Å². The Morgan fingerprint density at radius 2 is 1.92 bits per heavy atom. The van der Waals surface area contributed by atoms with Crippen LogP contribution in [-0.4, -0.2) is 28.7 Å². The normalized spacial score (nSPS) is 34.5. The predicted octanol–water partition coefficient (Wildman–Crippen LogP) is 1.12. The highest BCUT2D eigenvalue weighted by Gasteiger charge is 2.45. The Kier molecular flexibility index (Phi) is 2.54. The number of β-lactam (4-membered cyclic amide) rings is 1. The van der Waals surface area contributed by atoms with Gasteiger partial charge < -0.3 is 10.0 Å². The van der Waals surface area contributed by atoms with Crippen LogP contribution in [0.25, 0.3) is 0 Å². The lowest BCUT2D eigenvalue weighted by Gasteiger charge is -2.47. The minimum Gasteiger partial charge on any atom is -0.376 e. The number of aliphatic hydroxyl groups excluding tert-OH is 1. The van der Waals surface area contributed by atoms with Gasteiger partial charge in [0.25, 0.3) is 0 Å². The maximum Gasteiger partial charge on any atom is 0.229 e. The Hall–Kier alpha value is -0.570. The first-order valence-electron chi connectivity index (χ1n) is 5.26. The lowest BCUT2D eigenvalue weighted by molar-refractivity contribution is -0.165. The van der Waals surface area contributed by atoms with Crippen molar-refractivity contribution in [3.05, 3.63) is 0 Å². The molecule has 2 rings (SSSR count). The Balaban J connectivity index is 1.98. The third-order valence-electron chi connectivity index (χ3n) is 3.38. The molecule has 3 nitrogen and oxygen atoms in total. The summed E-state index contributed by atoms with van der Waals surface area (Å²) in [6.07, 6.45) is 7.10. The number of nitrogens with zero attached hydrogens (tertiary/aromatic N) is 1. The van der Waals surface area contributed by atoms with E-state index in [1.54, 1.807) is 4.90 Å². The van der Waals surface area contributed by atoms with E-state index in [2.05, 4.69) is 0 Å². The van der Waals surface area contributed by atoms with Crippen LogP contribution in [0.2, 0.25) is 0 Å². The zero-order valence-electron chi connectivity index (χ0n) is 7.91. The minimum absolute atomic E-state index is 0.0833. The van der Waals surface area contributed by atoms with Gasteiger partial charge in [-0.2, -0.15) is 0 Å². The van der Waals surface area contributed by atoms with Crippen LogP contribution in [0.5, 0.6) is 0 Å². The molecule has 13 heavy (non-hydrogen) atoms. The number of amides is 1. The summed E-state index contributed by atoms with van der Waals surface area (Å²) in [6.45, 7) is -0.0833. The van der Waals surface area contributed by atoms with E-state index in [4.69, 9.17) is 5.11 Å². The number of fused-ring (bicyclic) bond motifs is 1. The van der Waals surface area contributed by atoms with Crippen molar-refractivity contribution in [2.24, 2.45) is 5.92 Å². The lowest BCUT2D eigenvalue weighted by atomic mass is 9.79. The van der Waals surface area contributed by atoms with Crippen LogP contribution >= 0.6 is 0 Å². The average molecular weight is 183 g/mol. The van der Waals surface area contributed by atoms with Crippen molar-refractivity contribution in [3.8, 4) is 0 Å². The van der Waals surface area contributed by atoms with E-state index in [1.165, 1.54) is 25.7 Å². The van der Waals surface area contributed by atoms with Gasteiger partial charge in [-0.1, -0.05) is 25.7 Å². The van der Waals surface area contributed by atoms with Crippen molar-refractivity contribution in [2.45, 2.75) is 44.6 Å². The predicted molar refractivity (Wildman–Crippen MR) is 48.9 cm³/mol. The summed E-state index contributed by atoms with van der Waals surface area (Å²) in [6, 6.07) is 0.359. The van der Waals surface area contributed by atoms with Crippen molar-refractivity contribution in [1.29, 1.82) is 0 Å². The SMILES string of the molecule is O=C1[C@@H]2CCCCCC[C@@H]2N1CO. The van der Waals surface area contributed by atoms with Gasteiger partial charge in [-0.15, -0.1) is 0 Å². The molecule has 1 heterocycles. The summed E-state index contributed by atoms with van der Waals surface area (Å²) in [4.78, 5) is 13.1. The van der Waals surface area contributed by atoms with E-state index in [0.29, 0.717) is 6.04 Å². The van der Waals surface area contributed by atoms with Gasteiger partial charge in [-0.25, -0.2) is 0 Å². The molecule has 2 atom stereocenters. The standard InChI is InChI=1S/C10H17NO2/c12-7-11-9-6-4-2-1-3-5-8(9)10(11)13/h8-9,12H,1-7H2/t8-,9+/m1/s1. The summed E-state index contributed by atoms with van der Waals surface area (Å²) in [5, 5.41) is 8.96. The Morgan fingerprint density at radius 1 is 1.23 bits per heavy atom. The fraction of sp³-hybridized carbons (Fsp3) is 0.900. The van der Waals surface area contributed by atoms with Gasteiger partial charge in [0.15, 0.2) is 0 Å². The highest BCUT2D eigenvalue weighted by molar-refractivity contribution is 5.85. The van der Waals surface area contributed by atoms with Crippen LogP contribution in [0.3, 0.4) is 0 Å². The van der Waals surface area contributed by atoms with Crippen molar-refractivity contribution < 1.29 is 9.90 Å². The summed E-state index contributed by atoms with van der Waals surface area (Å²) in [5.41, 5.74) is 0. The highest BCUT2D eigenvalue weighted by atomic mass is 16.3. The van der Waals surface area contributed by atoms with Gasteiger partial charge in [0.2, 0.25) is 5.91 Å². The van der Waals surface area contributed by atoms with Crippen molar-refractivity contribution >= 4 is 5.91 Å². The van der Waals surface area contributed by atoms with Crippen molar-refractivity contribution in [1.82, 2.24) is 4.90 Å². The lowest BCUT2D eigenvalue weighted by Crippen LogP contribution is -2.61. The van der Waals surface area contributed by atoms with Gasteiger partial charge in [0.05, 0.1) is 5.92 Å². The van der Waals surface area contributed by atoms with E-state index in [9.17, 15) is 4.79 Å². The van der Waals surface area contributed by atoms with Gasteiger partial charge in [0.1, 0.15) is 6.73 Å². The largest absolute Gasteiger partial charge is 0.376 e. The smallest absolute Gasteiger partial charge is 0.229 e. The molecular weight excluding hydrogens is 166 g/mol. The fourth-order valence-corrected chi connectivity index (χ4v) is 2.59. The molecule has 1 saturated carbocycles. The monoisotopic (exact) mass is 183 g/mol. The molecule has 74 valence electrons. The van der Waals surface area contributed by atoms with E-state index in [0.717, 1.165) is 12.8 Å². The van der Waals surface area contributed by atoms with E-state index >= 15 is 0 Å². The second-order valence-corrected chi connectivity index (χ2v) is 4.11. The molecule has 0 spiro atoms. The molecule has 2 fully saturated rings. The molecule has 0 unspecified atom stereocenters. The molecule has 2 aliphatic rings. The molecule has 0 aromatic rings. The summed E-state index contributed by atoms with van der Waals surface area (Å²) >= 11 is 0. The van der Waals surface area contributed by atoms with E-state index in [1.807, 2.05) is 0 Å². The van der Waals surface area contributed by atoms with Gasteiger partial charge in [0, 0.05) is 6.04 Å².